The van der Waals surface area contributed by atoms with E-state index < -0.39 is 0 Å². The normalized spacial score (nSPS) is 9.50. The van der Waals surface area contributed by atoms with Gasteiger partial charge in [-0.1, -0.05) is 36.9 Å². The van der Waals surface area contributed by atoms with E-state index in [1.807, 2.05) is 18.2 Å². The van der Waals surface area contributed by atoms with Crippen molar-refractivity contribution < 1.29 is 9.59 Å². The van der Waals surface area contributed by atoms with Crippen LogP contribution in [-0.4, -0.2) is 18.2 Å². The predicted octanol–water partition coefficient (Wildman–Crippen LogP) is 1.95. The zero-order chi connectivity index (χ0) is 11.8. The highest BCUT2D eigenvalue weighted by atomic mass is 16.1. The lowest BCUT2D eigenvalue weighted by Crippen LogP contribution is -2.22. The Bertz CT molecular complexity index is 371. The van der Waals surface area contributed by atoms with E-state index >= 15 is 0 Å². The first kappa shape index (κ1) is 12.2. The van der Waals surface area contributed by atoms with Gasteiger partial charge in [-0.15, -0.1) is 0 Å². The molecule has 0 aromatic heterocycles. The number of rotatable bonds is 6. The van der Waals surface area contributed by atoms with Crippen LogP contribution >= 0.6 is 0 Å². The van der Waals surface area contributed by atoms with Crippen LogP contribution in [0.3, 0.4) is 0 Å². The minimum Gasteiger partial charge on any atom is -0.353 e. The van der Waals surface area contributed by atoms with Crippen LogP contribution < -0.4 is 5.32 Å². The molecule has 0 saturated heterocycles. The summed E-state index contributed by atoms with van der Waals surface area (Å²) in [7, 11) is 0. The zero-order valence-corrected chi connectivity index (χ0v) is 9.11. The third-order valence-corrected chi connectivity index (χ3v) is 2.16. The summed E-state index contributed by atoms with van der Waals surface area (Å²) in [5.41, 5.74) is 0.720. The summed E-state index contributed by atoms with van der Waals surface area (Å²) in [5.74, 6) is -0.0967. The van der Waals surface area contributed by atoms with Crippen LogP contribution in [-0.2, 0) is 4.79 Å². The van der Waals surface area contributed by atoms with Gasteiger partial charge in [0.2, 0.25) is 5.91 Å². The lowest BCUT2D eigenvalue weighted by atomic mass is 10.1. The summed E-state index contributed by atoms with van der Waals surface area (Å²) in [6, 6.07) is 9.15. The van der Waals surface area contributed by atoms with Gasteiger partial charge in [0.25, 0.3) is 0 Å². The highest BCUT2D eigenvalue weighted by Gasteiger charge is 2.04. The van der Waals surface area contributed by atoms with Crippen LogP contribution in [0, 0.1) is 0 Å². The Labute approximate surface area is 95.2 Å². The first-order chi connectivity index (χ1) is 7.74. The summed E-state index contributed by atoms with van der Waals surface area (Å²) < 4.78 is 0. The van der Waals surface area contributed by atoms with Crippen molar-refractivity contribution in [2.75, 3.05) is 6.54 Å². The Morgan fingerprint density at radius 1 is 1.25 bits per heavy atom. The van der Waals surface area contributed by atoms with Gasteiger partial charge >= 0.3 is 0 Å². The molecule has 84 valence electrons. The number of ketones is 1. The van der Waals surface area contributed by atoms with Crippen LogP contribution in [0.25, 0.3) is 0 Å². The highest BCUT2D eigenvalue weighted by molar-refractivity contribution is 5.96. The average molecular weight is 217 g/mol. The van der Waals surface area contributed by atoms with E-state index in [9.17, 15) is 9.59 Å². The summed E-state index contributed by atoms with van der Waals surface area (Å²) in [6.07, 6.45) is 2.31. The Morgan fingerprint density at radius 2 is 1.94 bits per heavy atom. The van der Waals surface area contributed by atoms with Gasteiger partial charge in [0.1, 0.15) is 0 Å². The molecule has 1 aromatic carbocycles. The maximum Gasteiger partial charge on any atom is 0.243 e. The number of carbonyl (C=O) groups excluding carboxylic acids is 2. The zero-order valence-electron chi connectivity index (χ0n) is 9.11. The van der Waals surface area contributed by atoms with Crippen LogP contribution in [0.1, 0.15) is 23.2 Å². The lowest BCUT2D eigenvalue weighted by molar-refractivity contribution is -0.116. The molecule has 0 saturated carbocycles. The number of carbonyl (C=O) groups is 2. The van der Waals surface area contributed by atoms with Gasteiger partial charge in [-0.2, -0.15) is 0 Å². The molecule has 1 amide bonds. The molecule has 0 atom stereocenters. The topological polar surface area (TPSA) is 46.2 Å². The van der Waals surface area contributed by atoms with Crippen LogP contribution in [0.5, 0.6) is 0 Å². The summed E-state index contributed by atoms with van der Waals surface area (Å²) in [5, 5.41) is 2.63. The molecular weight excluding hydrogens is 202 g/mol. The van der Waals surface area contributed by atoms with Crippen molar-refractivity contribution in [2.24, 2.45) is 0 Å². The highest BCUT2D eigenvalue weighted by Crippen LogP contribution is 2.04. The van der Waals surface area contributed by atoms with Crippen molar-refractivity contribution in [3.05, 3.63) is 48.6 Å². The number of amides is 1. The van der Waals surface area contributed by atoms with Gasteiger partial charge in [0.15, 0.2) is 5.78 Å². The number of benzene rings is 1. The van der Waals surface area contributed by atoms with Gasteiger partial charge in [-0.05, 0) is 12.5 Å². The first-order valence-electron chi connectivity index (χ1n) is 5.22. The van der Waals surface area contributed by atoms with Gasteiger partial charge in [-0.25, -0.2) is 0 Å². The quantitative estimate of drug-likeness (QED) is 0.449. The van der Waals surface area contributed by atoms with Gasteiger partial charge < -0.3 is 5.32 Å². The minimum absolute atomic E-state index is 0.105. The molecule has 0 aliphatic rings. The summed E-state index contributed by atoms with van der Waals surface area (Å²) in [4.78, 5) is 22.4. The maximum absolute atomic E-state index is 11.6. The van der Waals surface area contributed by atoms with Crippen LogP contribution in [0.2, 0.25) is 0 Å². The standard InChI is InChI=1S/C13H15NO2/c1-2-13(16)14-10-6-9-12(15)11-7-4-3-5-8-11/h2-5,7-8H,1,6,9-10H2,(H,14,16). The van der Waals surface area contributed by atoms with E-state index in [1.54, 1.807) is 12.1 Å². The van der Waals surface area contributed by atoms with Crippen molar-refractivity contribution >= 4 is 11.7 Å². The molecule has 0 fully saturated rings. The molecule has 1 aromatic rings. The SMILES string of the molecule is C=CC(=O)NCCCC(=O)c1ccccc1. The lowest BCUT2D eigenvalue weighted by Gasteiger charge is -2.02. The average Bonchev–Trinajstić information content (AvgIpc) is 2.35. The fourth-order valence-electron chi connectivity index (χ4n) is 1.30. The number of Topliss-reactive ketones (excluding diaryl/α,β-unsaturated/α-hetero) is 1. The fourth-order valence-corrected chi connectivity index (χ4v) is 1.30. The Kier molecular flexibility index (Phi) is 4.99. The molecule has 3 nitrogen and oxygen atoms in total. The fraction of sp³-hybridized carbons (Fsp3) is 0.231. The van der Waals surface area contributed by atoms with E-state index in [2.05, 4.69) is 11.9 Å². The van der Waals surface area contributed by atoms with E-state index in [-0.39, 0.29) is 11.7 Å². The molecule has 1 N–H and O–H groups in total. The molecule has 16 heavy (non-hydrogen) atoms. The first-order valence-corrected chi connectivity index (χ1v) is 5.22. The third-order valence-electron chi connectivity index (χ3n) is 2.16. The molecule has 0 aliphatic carbocycles. The van der Waals surface area contributed by atoms with Crippen LogP contribution in [0.4, 0.5) is 0 Å². The molecule has 0 heterocycles. The Hall–Kier alpha value is -1.90. The van der Waals surface area contributed by atoms with E-state index in [1.165, 1.54) is 6.08 Å². The second kappa shape index (κ2) is 6.56. The summed E-state index contributed by atoms with van der Waals surface area (Å²) >= 11 is 0. The Morgan fingerprint density at radius 3 is 2.56 bits per heavy atom. The number of hydrogen-bond donors (Lipinski definition) is 1. The van der Waals surface area contributed by atoms with Crippen molar-refractivity contribution in [2.45, 2.75) is 12.8 Å². The predicted molar refractivity (Wildman–Crippen MR) is 63.2 cm³/mol. The van der Waals surface area contributed by atoms with Crippen molar-refractivity contribution in [1.29, 1.82) is 0 Å². The molecule has 0 unspecified atom stereocenters. The van der Waals surface area contributed by atoms with Gasteiger partial charge in [0.05, 0.1) is 0 Å². The molecule has 3 heteroatoms. The van der Waals surface area contributed by atoms with Gasteiger partial charge in [-0.3, -0.25) is 9.59 Å². The minimum atomic E-state index is -0.202. The third kappa shape index (κ3) is 4.09. The molecule has 0 aliphatic heterocycles. The van der Waals surface area contributed by atoms with E-state index in [0.29, 0.717) is 19.4 Å². The summed E-state index contributed by atoms with van der Waals surface area (Å²) in [6.45, 7) is 3.85. The maximum atomic E-state index is 11.6. The monoisotopic (exact) mass is 217 g/mol. The van der Waals surface area contributed by atoms with Crippen LogP contribution in [0.15, 0.2) is 43.0 Å². The van der Waals surface area contributed by atoms with Gasteiger partial charge in [0, 0.05) is 18.5 Å². The molecule has 0 bridgehead atoms. The number of nitrogens with one attached hydrogen (secondary N) is 1. The second-order valence-electron chi connectivity index (χ2n) is 3.39. The van der Waals surface area contributed by atoms with Crippen molar-refractivity contribution in [1.82, 2.24) is 5.32 Å². The number of hydrogen-bond acceptors (Lipinski definition) is 2. The van der Waals surface area contributed by atoms with Crippen molar-refractivity contribution in [3.8, 4) is 0 Å². The Balaban J connectivity index is 2.26. The molecule has 0 spiro atoms. The van der Waals surface area contributed by atoms with Crippen molar-refractivity contribution in [3.63, 3.8) is 0 Å². The largest absolute Gasteiger partial charge is 0.353 e. The molecular formula is C13H15NO2. The van der Waals surface area contributed by atoms with E-state index in [0.717, 1.165) is 5.56 Å². The molecule has 0 radical (unpaired) electrons. The smallest absolute Gasteiger partial charge is 0.243 e. The second-order valence-corrected chi connectivity index (χ2v) is 3.39. The van der Waals surface area contributed by atoms with E-state index in [4.69, 9.17) is 0 Å². The molecule has 1 rings (SSSR count).